The topological polar surface area (TPSA) is 51.1 Å². The van der Waals surface area contributed by atoms with Gasteiger partial charge in [-0.1, -0.05) is 41.9 Å². The van der Waals surface area contributed by atoms with Crippen molar-refractivity contribution in [3.05, 3.63) is 78.1 Å². The van der Waals surface area contributed by atoms with E-state index in [1.165, 1.54) is 0 Å². The molecule has 2 aromatic heterocycles. The number of ether oxygens (including phenoxy) is 1. The van der Waals surface area contributed by atoms with Crippen LogP contribution in [0.2, 0.25) is 5.02 Å². The van der Waals surface area contributed by atoms with E-state index in [1.807, 2.05) is 67.7 Å². The molecular weight excluding hydrogens is 372 g/mol. The smallest absolute Gasteiger partial charge is 0.163 e. The normalized spacial score (nSPS) is 10.8. The molecule has 0 amide bonds. The Morgan fingerprint density at radius 3 is 2.57 bits per heavy atom. The van der Waals surface area contributed by atoms with E-state index < -0.39 is 0 Å². The third kappa shape index (κ3) is 4.05. The van der Waals surface area contributed by atoms with Gasteiger partial charge in [0.05, 0.1) is 17.1 Å². The number of hydrogen-bond donors (Lipinski definition) is 0. The molecule has 0 aliphatic rings. The zero-order chi connectivity index (χ0) is 19.3. The largest absolute Gasteiger partial charge is 0.492 e. The number of benzene rings is 2. The van der Waals surface area contributed by atoms with Crippen LogP contribution >= 0.6 is 11.6 Å². The zero-order valence-corrected chi connectivity index (χ0v) is 16.2. The number of halogens is 1. The molecule has 2 heterocycles. The highest BCUT2D eigenvalue weighted by Crippen LogP contribution is 2.27. The number of fused-ring (bicyclic) bond motifs is 1. The minimum Gasteiger partial charge on any atom is -0.492 e. The Kier molecular flexibility index (Phi) is 5.35. The number of aromatic nitrogens is 3. The molecule has 4 rings (SSSR count). The van der Waals surface area contributed by atoms with Crippen molar-refractivity contribution >= 4 is 28.3 Å². The molecule has 0 aliphatic carbocycles. The maximum Gasteiger partial charge on any atom is 0.163 e. The summed E-state index contributed by atoms with van der Waals surface area (Å²) < 4.78 is 5.83. The van der Waals surface area contributed by atoms with Crippen molar-refractivity contribution in [3.8, 4) is 17.1 Å². The van der Waals surface area contributed by atoms with Crippen LogP contribution in [0.5, 0.6) is 5.75 Å². The molecular formula is C22H19ClN4O. The number of hydrogen-bond acceptors (Lipinski definition) is 5. The average Bonchev–Trinajstić information content (AvgIpc) is 2.73. The van der Waals surface area contributed by atoms with Gasteiger partial charge in [-0.15, -0.1) is 0 Å². The molecule has 0 saturated heterocycles. The van der Waals surface area contributed by atoms with E-state index >= 15 is 0 Å². The van der Waals surface area contributed by atoms with Crippen LogP contribution < -0.4 is 9.64 Å². The monoisotopic (exact) mass is 390 g/mol. The molecule has 140 valence electrons. The number of rotatable bonds is 6. The molecule has 0 spiro atoms. The molecule has 0 radical (unpaired) electrons. The summed E-state index contributed by atoms with van der Waals surface area (Å²) in [5.74, 6) is 2.30. The second kappa shape index (κ2) is 8.23. The first-order valence-corrected chi connectivity index (χ1v) is 9.35. The van der Waals surface area contributed by atoms with Crippen molar-refractivity contribution < 1.29 is 4.74 Å². The van der Waals surface area contributed by atoms with Crippen LogP contribution in [0.25, 0.3) is 22.3 Å². The Bertz CT molecular complexity index is 1090. The second-order valence-electron chi connectivity index (χ2n) is 6.36. The standard InChI is InChI=1S/C22H19ClN4O/c1-27(11-12-28-18-7-3-2-4-8-18)22-19-9-5-6-10-20(19)25-21(26-22)16-13-17(23)15-24-14-16/h2-10,13-15H,11-12H2,1H3. The van der Waals surface area contributed by atoms with Crippen LogP contribution in [-0.2, 0) is 0 Å². The minimum atomic E-state index is 0.549. The van der Waals surface area contributed by atoms with Gasteiger partial charge in [0, 0.05) is 30.4 Å². The molecule has 0 unspecified atom stereocenters. The average molecular weight is 391 g/mol. The van der Waals surface area contributed by atoms with Crippen molar-refractivity contribution in [3.63, 3.8) is 0 Å². The van der Waals surface area contributed by atoms with Crippen LogP contribution in [-0.4, -0.2) is 35.2 Å². The first-order chi connectivity index (χ1) is 13.7. The third-order valence-electron chi connectivity index (χ3n) is 4.35. The van der Waals surface area contributed by atoms with E-state index in [0.29, 0.717) is 24.0 Å². The second-order valence-corrected chi connectivity index (χ2v) is 6.80. The van der Waals surface area contributed by atoms with E-state index in [9.17, 15) is 0 Å². The fourth-order valence-corrected chi connectivity index (χ4v) is 3.11. The fourth-order valence-electron chi connectivity index (χ4n) is 2.94. The summed E-state index contributed by atoms with van der Waals surface area (Å²) in [4.78, 5) is 15.7. The first-order valence-electron chi connectivity index (χ1n) is 8.97. The van der Waals surface area contributed by atoms with Crippen LogP contribution in [0.1, 0.15) is 0 Å². The molecule has 5 nitrogen and oxygen atoms in total. The van der Waals surface area contributed by atoms with Gasteiger partial charge in [-0.05, 0) is 30.3 Å². The Balaban J connectivity index is 1.63. The molecule has 0 N–H and O–H groups in total. The maximum atomic E-state index is 6.10. The van der Waals surface area contributed by atoms with Gasteiger partial charge in [-0.2, -0.15) is 0 Å². The summed E-state index contributed by atoms with van der Waals surface area (Å²) in [6.45, 7) is 1.23. The third-order valence-corrected chi connectivity index (χ3v) is 4.55. The molecule has 28 heavy (non-hydrogen) atoms. The lowest BCUT2D eigenvalue weighted by molar-refractivity contribution is 0.326. The molecule has 0 bridgehead atoms. The molecule has 6 heteroatoms. The molecule has 4 aromatic rings. The van der Waals surface area contributed by atoms with E-state index in [0.717, 1.165) is 28.0 Å². The fraction of sp³-hybridized carbons (Fsp3) is 0.136. The van der Waals surface area contributed by atoms with E-state index in [2.05, 4.69) is 14.9 Å². The van der Waals surface area contributed by atoms with Crippen LogP contribution in [0.3, 0.4) is 0 Å². The summed E-state index contributed by atoms with van der Waals surface area (Å²) in [6, 6.07) is 19.6. The van der Waals surface area contributed by atoms with Gasteiger partial charge < -0.3 is 9.64 Å². The van der Waals surface area contributed by atoms with Crippen LogP contribution in [0.4, 0.5) is 5.82 Å². The minimum absolute atomic E-state index is 0.549. The number of likely N-dealkylation sites (N-methyl/N-ethyl adjacent to an activating group) is 1. The Morgan fingerprint density at radius 1 is 0.964 bits per heavy atom. The quantitative estimate of drug-likeness (QED) is 0.470. The SMILES string of the molecule is CN(CCOc1ccccc1)c1nc(-c2cncc(Cl)c2)nc2ccccc12. The predicted octanol–water partition coefficient (Wildman–Crippen LogP) is 4.86. The summed E-state index contributed by atoms with van der Waals surface area (Å²) in [7, 11) is 2.00. The van der Waals surface area contributed by atoms with Crippen LogP contribution in [0, 0.1) is 0 Å². The predicted molar refractivity (Wildman–Crippen MR) is 113 cm³/mol. The van der Waals surface area contributed by atoms with Gasteiger partial charge in [0.2, 0.25) is 0 Å². The van der Waals surface area contributed by atoms with Gasteiger partial charge in [0.25, 0.3) is 0 Å². The van der Waals surface area contributed by atoms with Crippen molar-refractivity contribution in [1.29, 1.82) is 0 Å². The first kappa shape index (κ1) is 18.2. The summed E-state index contributed by atoms with van der Waals surface area (Å²) >= 11 is 6.10. The van der Waals surface area contributed by atoms with Gasteiger partial charge in [-0.25, -0.2) is 9.97 Å². The molecule has 0 saturated carbocycles. The summed E-state index contributed by atoms with van der Waals surface area (Å²) in [5.41, 5.74) is 1.66. The van der Waals surface area contributed by atoms with E-state index in [4.69, 9.17) is 21.3 Å². The van der Waals surface area contributed by atoms with E-state index in [1.54, 1.807) is 12.4 Å². The molecule has 0 aliphatic heterocycles. The van der Waals surface area contributed by atoms with E-state index in [-0.39, 0.29) is 0 Å². The Morgan fingerprint density at radius 2 is 1.75 bits per heavy atom. The van der Waals surface area contributed by atoms with Crippen molar-refractivity contribution in [2.24, 2.45) is 0 Å². The van der Waals surface area contributed by atoms with Crippen molar-refractivity contribution in [1.82, 2.24) is 15.0 Å². The number of nitrogens with zero attached hydrogens (tertiary/aromatic N) is 4. The summed E-state index contributed by atoms with van der Waals surface area (Å²) in [5, 5.41) is 1.55. The highest BCUT2D eigenvalue weighted by atomic mass is 35.5. The van der Waals surface area contributed by atoms with Crippen molar-refractivity contribution in [2.45, 2.75) is 0 Å². The van der Waals surface area contributed by atoms with Crippen LogP contribution in [0.15, 0.2) is 73.1 Å². The molecule has 0 atom stereocenters. The number of pyridine rings is 1. The maximum absolute atomic E-state index is 6.10. The van der Waals surface area contributed by atoms with Gasteiger partial charge in [0.15, 0.2) is 5.82 Å². The Labute approximate surface area is 168 Å². The lowest BCUT2D eigenvalue weighted by atomic mass is 10.2. The van der Waals surface area contributed by atoms with Gasteiger partial charge in [-0.3, -0.25) is 4.98 Å². The molecule has 0 fully saturated rings. The number of anilines is 1. The van der Waals surface area contributed by atoms with Gasteiger partial charge >= 0.3 is 0 Å². The lowest BCUT2D eigenvalue weighted by Gasteiger charge is -2.21. The number of para-hydroxylation sites is 2. The highest BCUT2D eigenvalue weighted by molar-refractivity contribution is 6.30. The lowest BCUT2D eigenvalue weighted by Crippen LogP contribution is -2.25. The summed E-state index contributed by atoms with van der Waals surface area (Å²) in [6.07, 6.45) is 3.32. The van der Waals surface area contributed by atoms with Gasteiger partial charge in [0.1, 0.15) is 18.2 Å². The Hall–Kier alpha value is -3.18. The van der Waals surface area contributed by atoms with Crippen molar-refractivity contribution in [2.75, 3.05) is 25.1 Å². The zero-order valence-electron chi connectivity index (χ0n) is 15.4. The highest BCUT2D eigenvalue weighted by Gasteiger charge is 2.13. The molecule has 2 aromatic carbocycles.